The zero-order chi connectivity index (χ0) is 24.4. The molecule has 5 aromatic rings. The molecule has 0 aliphatic carbocycles. The van der Waals surface area contributed by atoms with Crippen molar-refractivity contribution in [3.63, 3.8) is 0 Å². The van der Waals surface area contributed by atoms with E-state index >= 15 is 0 Å². The smallest absolute Gasteiger partial charge is 0.164 e. The number of benzene rings is 3. The lowest BCUT2D eigenvalue weighted by molar-refractivity contribution is 0.405. The van der Waals surface area contributed by atoms with E-state index in [-0.39, 0.29) is 5.82 Å². The summed E-state index contributed by atoms with van der Waals surface area (Å²) in [5, 5.41) is 5.66. The summed E-state index contributed by atoms with van der Waals surface area (Å²) in [6.07, 6.45) is 2.95. The summed E-state index contributed by atoms with van der Waals surface area (Å²) in [7, 11) is 4.09. The van der Waals surface area contributed by atoms with Gasteiger partial charge in [0.1, 0.15) is 17.2 Å². The predicted molar refractivity (Wildman–Crippen MR) is 143 cm³/mol. The fourth-order valence-electron chi connectivity index (χ4n) is 4.37. The molecule has 1 N–H and O–H groups in total. The van der Waals surface area contributed by atoms with Crippen LogP contribution in [-0.4, -0.2) is 46.6 Å². The maximum atomic E-state index is 14.9. The minimum absolute atomic E-state index is 0.304. The van der Waals surface area contributed by atoms with Crippen molar-refractivity contribution in [2.45, 2.75) is 13.0 Å². The predicted octanol–water partition coefficient (Wildman–Crippen LogP) is 6.46. The SMILES string of the molecule is CN(C)CCCNc1nc(-c2cn(Cc3ccccc3)c3c(Cl)cccc23)nc2c(F)cccc12. The van der Waals surface area contributed by atoms with E-state index in [1.54, 1.807) is 6.07 Å². The van der Waals surface area contributed by atoms with Crippen LogP contribution in [0.15, 0.2) is 72.9 Å². The third-order valence-electron chi connectivity index (χ3n) is 6.04. The van der Waals surface area contributed by atoms with E-state index in [2.05, 4.69) is 31.9 Å². The van der Waals surface area contributed by atoms with Crippen molar-refractivity contribution in [3.8, 4) is 11.4 Å². The summed E-state index contributed by atoms with van der Waals surface area (Å²) in [6.45, 7) is 2.32. The molecule has 0 spiro atoms. The first-order valence-electron chi connectivity index (χ1n) is 11.7. The number of rotatable bonds is 8. The monoisotopic (exact) mass is 487 g/mol. The summed E-state index contributed by atoms with van der Waals surface area (Å²) in [5.74, 6) is 0.736. The molecule has 2 heterocycles. The number of nitrogens with zero attached hydrogens (tertiary/aromatic N) is 4. The normalized spacial score (nSPS) is 11.6. The molecule has 5 nitrogen and oxygen atoms in total. The Bertz CT molecular complexity index is 1480. The van der Waals surface area contributed by atoms with Gasteiger partial charge in [0.05, 0.1) is 10.5 Å². The molecule has 0 aliphatic heterocycles. The number of para-hydroxylation sites is 2. The maximum Gasteiger partial charge on any atom is 0.164 e. The maximum absolute atomic E-state index is 14.9. The topological polar surface area (TPSA) is 46.0 Å². The average Bonchev–Trinajstić information content (AvgIpc) is 3.22. The van der Waals surface area contributed by atoms with Gasteiger partial charge in [-0.2, -0.15) is 0 Å². The molecule has 0 unspecified atom stereocenters. The summed E-state index contributed by atoms with van der Waals surface area (Å²) in [6, 6.07) is 21.0. The molecule has 178 valence electrons. The molecule has 0 saturated carbocycles. The van der Waals surface area contributed by atoms with Crippen LogP contribution in [0, 0.1) is 5.82 Å². The van der Waals surface area contributed by atoms with E-state index in [0.29, 0.717) is 34.1 Å². The first-order valence-corrected chi connectivity index (χ1v) is 12.1. The van der Waals surface area contributed by atoms with E-state index in [4.69, 9.17) is 16.6 Å². The fourth-order valence-corrected chi connectivity index (χ4v) is 4.65. The second-order valence-electron chi connectivity index (χ2n) is 8.91. The van der Waals surface area contributed by atoms with Gasteiger partial charge in [-0.3, -0.25) is 0 Å². The number of fused-ring (bicyclic) bond motifs is 2. The Kier molecular flexibility index (Phi) is 6.66. The van der Waals surface area contributed by atoms with E-state index in [9.17, 15) is 4.39 Å². The van der Waals surface area contributed by atoms with Crippen molar-refractivity contribution in [2.75, 3.05) is 32.5 Å². The first kappa shape index (κ1) is 23.3. The van der Waals surface area contributed by atoms with Crippen molar-refractivity contribution in [1.29, 1.82) is 0 Å². The van der Waals surface area contributed by atoms with Crippen LogP contribution in [0.4, 0.5) is 10.2 Å². The minimum atomic E-state index is -0.367. The van der Waals surface area contributed by atoms with Gasteiger partial charge in [0, 0.05) is 35.6 Å². The molecule has 5 rings (SSSR count). The van der Waals surface area contributed by atoms with Crippen LogP contribution in [0.5, 0.6) is 0 Å². The molecule has 2 aromatic heterocycles. The minimum Gasteiger partial charge on any atom is -0.369 e. The Balaban J connectivity index is 1.63. The zero-order valence-electron chi connectivity index (χ0n) is 19.8. The number of nitrogens with one attached hydrogen (secondary N) is 1. The van der Waals surface area contributed by atoms with Crippen molar-refractivity contribution < 1.29 is 4.39 Å². The molecule has 0 radical (unpaired) electrons. The van der Waals surface area contributed by atoms with E-state index in [0.717, 1.165) is 41.5 Å². The number of anilines is 1. The number of hydrogen-bond acceptors (Lipinski definition) is 4. The van der Waals surface area contributed by atoms with E-state index in [1.807, 2.05) is 62.8 Å². The van der Waals surface area contributed by atoms with Gasteiger partial charge < -0.3 is 14.8 Å². The lowest BCUT2D eigenvalue weighted by Gasteiger charge is -2.13. The highest BCUT2D eigenvalue weighted by atomic mass is 35.5. The second-order valence-corrected chi connectivity index (χ2v) is 9.31. The number of halogens is 2. The van der Waals surface area contributed by atoms with Gasteiger partial charge in [0.25, 0.3) is 0 Å². The van der Waals surface area contributed by atoms with Gasteiger partial charge in [-0.1, -0.05) is 60.1 Å². The molecule has 3 aromatic carbocycles. The van der Waals surface area contributed by atoms with Crippen molar-refractivity contribution in [2.24, 2.45) is 0 Å². The quantitative estimate of drug-likeness (QED) is 0.255. The molecular weight excluding hydrogens is 461 g/mol. The van der Waals surface area contributed by atoms with Gasteiger partial charge in [-0.15, -0.1) is 0 Å². The van der Waals surface area contributed by atoms with Gasteiger partial charge in [-0.05, 0) is 50.8 Å². The number of hydrogen-bond donors (Lipinski definition) is 1. The molecule has 0 bridgehead atoms. The highest BCUT2D eigenvalue weighted by Crippen LogP contribution is 2.35. The average molecular weight is 488 g/mol. The van der Waals surface area contributed by atoms with Crippen LogP contribution in [-0.2, 0) is 6.54 Å². The van der Waals surface area contributed by atoms with Crippen LogP contribution < -0.4 is 5.32 Å². The first-order chi connectivity index (χ1) is 17.0. The molecule has 35 heavy (non-hydrogen) atoms. The fraction of sp³-hybridized carbons (Fsp3) is 0.214. The zero-order valence-corrected chi connectivity index (χ0v) is 20.6. The van der Waals surface area contributed by atoms with Crippen LogP contribution in [0.25, 0.3) is 33.2 Å². The standard InChI is InChI=1S/C28H27ClFN5/c1-34(2)16-8-15-31-27-21-12-7-14-24(30)25(21)32-28(33-27)22-18-35(17-19-9-4-3-5-10-19)26-20(22)11-6-13-23(26)29/h3-7,9-14,18H,8,15-17H2,1-2H3,(H,31,32,33). The van der Waals surface area contributed by atoms with Crippen molar-refractivity contribution in [1.82, 2.24) is 19.4 Å². The van der Waals surface area contributed by atoms with Gasteiger partial charge in [0.15, 0.2) is 5.82 Å². The Labute approximate surface area is 209 Å². The lowest BCUT2D eigenvalue weighted by Crippen LogP contribution is -2.17. The van der Waals surface area contributed by atoms with Crippen LogP contribution in [0.3, 0.4) is 0 Å². The lowest BCUT2D eigenvalue weighted by atomic mass is 10.1. The Hall–Kier alpha value is -3.48. The Morgan fingerprint density at radius 1 is 0.943 bits per heavy atom. The Morgan fingerprint density at radius 2 is 1.71 bits per heavy atom. The van der Waals surface area contributed by atoms with E-state index in [1.165, 1.54) is 6.07 Å². The molecule has 7 heteroatoms. The van der Waals surface area contributed by atoms with Crippen molar-refractivity contribution in [3.05, 3.63) is 89.3 Å². The summed E-state index contributed by atoms with van der Waals surface area (Å²) < 4.78 is 17.0. The van der Waals surface area contributed by atoms with Gasteiger partial charge in [0.2, 0.25) is 0 Å². The largest absolute Gasteiger partial charge is 0.369 e. The molecule has 0 fully saturated rings. The van der Waals surface area contributed by atoms with Crippen molar-refractivity contribution >= 4 is 39.2 Å². The second kappa shape index (κ2) is 10.0. The summed E-state index contributed by atoms with van der Waals surface area (Å²) in [5.41, 5.74) is 3.19. The van der Waals surface area contributed by atoms with Crippen LogP contribution >= 0.6 is 11.6 Å². The highest BCUT2D eigenvalue weighted by Gasteiger charge is 2.18. The molecule has 0 aliphatic rings. The third kappa shape index (κ3) is 4.85. The molecule has 0 atom stereocenters. The van der Waals surface area contributed by atoms with Crippen LogP contribution in [0.2, 0.25) is 5.02 Å². The Morgan fingerprint density at radius 3 is 2.51 bits per heavy atom. The van der Waals surface area contributed by atoms with Gasteiger partial charge in [-0.25, -0.2) is 14.4 Å². The van der Waals surface area contributed by atoms with Gasteiger partial charge >= 0.3 is 0 Å². The summed E-state index contributed by atoms with van der Waals surface area (Å²) in [4.78, 5) is 11.7. The highest BCUT2D eigenvalue weighted by molar-refractivity contribution is 6.35. The molecule has 0 amide bonds. The van der Waals surface area contributed by atoms with E-state index < -0.39 is 0 Å². The number of aromatic nitrogens is 3. The third-order valence-corrected chi connectivity index (χ3v) is 6.34. The molecular formula is C28H27ClFN5. The summed E-state index contributed by atoms with van der Waals surface area (Å²) >= 11 is 6.65. The van der Waals surface area contributed by atoms with Crippen LogP contribution in [0.1, 0.15) is 12.0 Å². The molecule has 0 saturated heterocycles.